The predicted molar refractivity (Wildman–Crippen MR) is 90.5 cm³/mol. The van der Waals surface area contributed by atoms with Gasteiger partial charge in [-0.05, 0) is 61.1 Å². The summed E-state index contributed by atoms with van der Waals surface area (Å²) >= 11 is 12.2. The monoisotopic (exact) mass is 319 g/mol. The highest BCUT2D eigenvalue weighted by molar-refractivity contribution is 6.35. The number of hydrogen-bond donors (Lipinski definition) is 1. The molecule has 1 aliphatic rings. The van der Waals surface area contributed by atoms with Crippen molar-refractivity contribution in [2.45, 2.75) is 31.2 Å². The first-order valence-corrected chi connectivity index (χ1v) is 8.12. The van der Waals surface area contributed by atoms with Gasteiger partial charge in [0.15, 0.2) is 0 Å². The molecule has 0 saturated carbocycles. The maximum absolute atomic E-state index is 6.28. The van der Waals surface area contributed by atoms with Crippen molar-refractivity contribution < 1.29 is 0 Å². The summed E-state index contributed by atoms with van der Waals surface area (Å²) in [6, 6.07) is 14.9. The molecule has 110 valence electrons. The molecule has 0 bridgehead atoms. The Bertz CT molecular complexity index is 639. The highest BCUT2D eigenvalue weighted by atomic mass is 35.5. The zero-order valence-corrected chi connectivity index (χ0v) is 13.6. The lowest BCUT2D eigenvalue weighted by Gasteiger charge is -2.33. The van der Waals surface area contributed by atoms with Crippen LogP contribution in [0.2, 0.25) is 10.0 Å². The van der Waals surface area contributed by atoms with Crippen LogP contribution in [0, 0.1) is 0 Å². The average molecular weight is 320 g/mol. The second-order valence-electron chi connectivity index (χ2n) is 5.76. The van der Waals surface area contributed by atoms with E-state index in [1.54, 1.807) is 0 Å². The molecule has 2 atom stereocenters. The summed E-state index contributed by atoms with van der Waals surface area (Å²) in [6.45, 7) is 0. The molecule has 3 rings (SSSR count). The van der Waals surface area contributed by atoms with Gasteiger partial charge in [-0.15, -0.1) is 0 Å². The van der Waals surface area contributed by atoms with E-state index >= 15 is 0 Å². The van der Waals surface area contributed by atoms with Crippen LogP contribution in [0.15, 0.2) is 42.5 Å². The van der Waals surface area contributed by atoms with Crippen LogP contribution in [0.5, 0.6) is 0 Å². The molecule has 2 aromatic rings. The fourth-order valence-corrected chi connectivity index (χ4v) is 3.66. The smallest absolute Gasteiger partial charge is 0.0453 e. The number of rotatable bonds is 5. The molecule has 0 spiro atoms. The van der Waals surface area contributed by atoms with E-state index in [1.165, 1.54) is 17.5 Å². The van der Waals surface area contributed by atoms with Gasteiger partial charge in [-0.2, -0.15) is 0 Å². The molecule has 2 unspecified atom stereocenters. The summed E-state index contributed by atoms with van der Waals surface area (Å²) < 4.78 is 0. The second-order valence-corrected chi connectivity index (χ2v) is 6.60. The van der Waals surface area contributed by atoms with E-state index in [4.69, 9.17) is 23.2 Å². The zero-order valence-electron chi connectivity index (χ0n) is 12.1. The first kappa shape index (κ1) is 14.9. The van der Waals surface area contributed by atoms with Crippen molar-refractivity contribution in [3.63, 3.8) is 0 Å². The molecular formula is C18H19Cl2N. The normalized spacial score (nSPS) is 18.0. The number of nitrogens with one attached hydrogen (secondary N) is 1. The van der Waals surface area contributed by atoms with Crippen LogP contribution in [-0.2, 0) is 12.8 Å². The van der Waals surface area contributed by atoms with Crippen LogP contribution in [0.4, 0.5) is 0 Å². The van der Waals surface area contributed by atoms with Crippen LogP contribution < -0.4 is 5.32 Å². The van der Waals surface area contributed by atoms with Gasteiger partial charge in [0, 0.05) is 16.1 Å². The molecular weight excluding hydrogens is 301 g/mol. The minimum Gasteiger partial charge on any atom is -0.317 e. The Morgan fingerprint density at radius 1 is 1.19 bits per heavy atom. The fourth-order valence-electron chi connectivity index (χ4n) is 3.17. The highest BCUT2D eigenvalue weighted by Gasteiger charge is 2.27. The molecule has 0 heterocycles. The van der Waals surface area contributed by atoms with E-state index in [9.17, 15) is 0 Å². The standard InChI is InChI=1S/C18H19Cl2N/c1-21-16(9-13-6-7-15(19)11-18(13)20)10-14-8-12-4-2-3-5-17(12)14/h2-7,11,14,16,21H,8-10H2,1H3. The number of likely N-dealkylation sites (N-methyl/N-ethyl adjacent to an activating group) is 1. The van der Waals surface area contributed by atoms with Gasteiger partial charge in [-0.25, -0.2) is 0 Å². The van der Waals surface area contributed by atoms with Crippen LogP contribution in [0.25, 0.3) is 0 Å². The maximum Gasteiger partial charge on any atom is 0.0453 e. The van der Waals surface area contributed by atoms with E-state index in [1.807, 2.05) is 25.2 Å². The minimum atomic E-state index is 0.432. The van der Waals surface area contributed by atoms with E-state index < -0.39 is 0 Å². The van der Waals surface area contributed by atoms with Gasteiger partial charge < -0.3 is 5.32 Å². The molecule has 1 aliphatic carbocycles. The van der Waals surface area contributed by atoms with Crippen molar-refractivity contribution in [2.75, 3.05) is 7.05 Å². The van der Waals surface area contributed by atoms with Crippen LogP contribution in [-0.4, -0.2) is 13.1 Å². The SMILES string of the molecule is CNC(Cc1ccc(Cl)cc1Cl)CC1Cc2ccccc21. The first-order valence-electron chi connectivity index (χ1n) is 7.36. The quantitative estimate of drug-likeness (QED) is 0.830. The summed E-state index contributed by atoms with van der Waals surface area (Å²) in [6.07, 6.45) is 3.28. The molecule has 1 N–H and O–H groups in total. The van der Waals surface area contributed by atoms with Gasteiger partial charge in [-0.3, -0.25) is 0 Å². The third kappa shape index (κ3) is 3.26. The second kappa shape index (κ2) is 6.39. The molecule has 0 fully saturated rings. The molecule has 0 amide bonds. The summed E-state index contributed by atoms with van der Waals surface area (Å²) in [7, 11) is 2.03. The third-order valence-corrected chi connectivity index (χ3v) is 5.01. The Morgan fingerprint density at radius 3 is 2.71 bits per heavy atom. The Hall–Kier alpha value is -1.02. The third-order valence-electron chi connectivity index (χ3n) is 4.42. The van der Waals surface area contributed by atoms with Gasteiger partial charge >= 0.3 is 0 Å². The van der Waals surface area contributed by atoms with E-state index in [2.05, 4.69) is 29.6 Å². The summed E-state index contributed by atoms with van der Waals surface area (Å²) in [4.78, 5) is 0. The van der Waals surface area contributed by atoms with Gasteiger partial charge in [-0.1, -0.05) is 53.5 Å². The first-order chi connectivity index (χ1) is 10.2. The maximum atomic E-state index is 6.28. The lowest BCUT2D eigenvalue weighted by Crippen LogP contribution is -2.32. The van der Waals surface area contributed by atoms with Crippen LogP contribution >= 0.6 is 23.2 Å². The van der Waals surface area contributed by atoms with Crippen molar-refractivity contribution in [1.29, 1.82) is 0 Å². The molecule has 21 heavy (non-hydrogen) atoms. The van der Waals surface area contributed by atoms with Crippen molar-refractivity contribution >= 4 is 23.2 Å². The molecule has 0 saturated heterocycles. The molecule has 0 aromatic heterocycles. The molecule has 3 heteroatoms. The lowest BCUT2D eigenvalue weighted by atomic mass is 9.74. The Labute approximate surface area is 136 Å². The van der Waals surface area contributed by atoms with Crippen LogP contribution in [0.1, 0.15) is 29.0 Å². The predicted octanol–water partition coefficient (Wildman–Crippen LogP) is 4.85. The van der Waals surface area contributed by atoms with Gasteiger partial charge in [0.25, 0.3) is 0 Å². The van der Waals surface area contributed by atoms with E-state index in [0.29, 0.717) is 17.0 Å². The summed E-state index contributed by atoms with van der Waals surface area (Å²) in [5.74, 6) is 0.671. The fraction of sp³-hybridized carbons (Fsp3) is 0.333. The topological polar surface area (TPSA) is 12.0 Å². The minimum absolute atomic E-state index is 0.432. The average Bonchev–Trinajstić information content (AvgIpc) is 2.46. The molecule has 2 aromatic carbocycles. The highest BCUT2D eigenvalue weighted by Crippen LogP contribution is 2.38. The molecule has 0 radical (unpaired) electrons. The van der Waals surface area contributed by atoms with Crippen molar-refractivity contribution in [2.24, 2.45) is 0 Å². The molecule has 1 nitrogen and oxygen atoms in total. The number of hydrogen-bond acceptors (Lipinski definition) is 1. The zero-order chi connectivity index (χ0) is 14.8. The van der Waals surface area contributed by atoms with Crippen molar-refractivity contribution in [1.82, 2.24) is 5.32 Å². The largest absolute Gasteiger partial charge is 0.317 e. The van der Waals surface area contributed by atoms with Gasteiger partial charge in [0.05, 0.1) is 0 Å². The Balaban J connectivity index is 1.67. The Kier molecular flexibility index (Phi) is 4.54. The number of halogens is 2. The van der Waals surface area contributed by atoms with Crippen molar-refractivity contribution in [3.8, 4) is 0 Å². The summed E-state index contributed by atoms with van der Waals surface area (Å²) in [5, 5.41) is 4.88. The van der Waals surface area contributed by atoms with Crippen LogP contribution in [0.3, 0.4) is 0 Å². The number of fused-ring (bicyclic) bond motifs is 1. The van der Waals surface area contributed by atoms with Gasteiger partial charge in [0.1, 0.15) is 0 Å². The number of benzene rings is 2. The lowest BCUT2D eigenvalue weighted by molar-refractivity contribution is 0.438. The Morgan fingerprint density at radius 2 is 2.00 bits per heavy atom. The van der Waals surface area contributed by atoms with Gasteiger partial charge in [0.2, 0.25) is 0 Å². The molecule has 0 aliphatic heterocycles. The van der Waals surface area contributed by atoms with E-state index in [-0.39, 0.29) is 0 Å². The summed E-state index contributed by atoms with van der Waals surface area (Å²) in [5.41, 5.74) is 4.18. The van der Waals surface area contributed by atoms with E-state index in [0.717, 1.165) is 23.4 Å². The van der Waals surface area contributed by atoms with Crippen molar-refractivity contribution in [3.05, 3.63) is 69.2 Å².